The second kappa shape index (κ2) is 51.6. The number of hydrogen-bond acceptors (Lipinski definition) is 31. The third-order valence-corrected chi connectivity index (χ3v) is 45.0. The molecule has 0 radical (unpaired) electrons. The van der Waals surface area contributed by atoms with Crippen molar-refractivity contribution in [3.8, 4) is 110 Å². The Balaban J connectivity index is 0.000000122. The maximum atomic E-state index is 12.7. The molecule has 0 aliphatic carbocycles. The summed E-state index contributed by atoms with van der Waals surface area (Å²) in [7, 11) is -6.37. The zero-order valence-electron chi connectivity index (χ0n) is 82.8. The Morgan fingerprint density at radius 2 is 0.705 bits per heavy atom. The van der Waals surface area contributed by atoms with Gasteiger partial charge in [-0.25, -0.2) is 44.9 Å². The molecule has 6 atom stereocenters. The summed E-state index contributed by atoms with van der Waals surface area (Å²) >= 11 is 15.2. The molecule has 10 N–H and O–H groups in total. The lowest BCUT2D eigenvalue weighted by atomic mass is 10.0. The molecule has 149 heavy (non-hydrogen) atoms. The Hall–Kier alpha value is -11.5. The monoisotopic (exact) mass is 2270 g/mol. The van der Waals surface area contributed by atoms with Crippen LogP contribution in [0.4, 0.5) is 28.4 Å². The van der Waals surface area contributed by atoms with Crippen molar-refractivity contribution in [1.29, 1.82) is 0 Å². The van der Waals surface area contributed by atoms with E-state index in [4.69, 9.17) is 63.0 Å². The molecule has 22 aromatic rings. The zero-order valence-corrected chi connectivity index (χ0v) is 95.8. The molecule has 6 unspecified atom stereocenters. The maximum absolute atomic E-state index is 12.7. The van der Waals surface area contributed by atoms with Crippen LogP contribution in [0.3, 0.4) is 0 Å². The Morgan fingerprint density at radius 3 is 1.12 bits per heavy atom. The summed E-state index contributed by atoms with van der Waals surface area (Å²) in [5, 5.41) is 14.3. The summed E-state index contributed by atoms with van der Waals surface area (Å²) in [6.07, 6.45) is 13.6. The van der Waals surface area contributed by atoms with Crippen molar-refractivity contribution in [2.75, 3.05) is 57.4 Å². The molecule has 17 heterocycles. The van der Waals surface area contributed by atoms with Crippen LogP contribution in [0, 0.1) is 6.92 Å². The molecule has 17 aromatic heterocycles. The van der Waals surface area contributed by atoms with E-state index in [1.807, 2.05) is 201 Å². The lowest BCUT2D eigenvalue weighted by Gasteiger charge is -2.08. The number of oxazole rings is 1. The number of pyridine rings is 5. The molecule has 0 aliphatic rings. The number of nitrogens with two attached hydrogens (primary N) is 5. The largest absolute Gasteiger partial charge is 0.443 e. The molecule has 0 amide bonds. The second-order valence-corrected chi connectivity index (χ2v) is 55.2. The number of hydrogen-bond donors (Lipinski definition) is 5. The quantitative estimate of drug-likeness (QED) is 0.0269. The minimum absolute atomic E-state index is 0.0160. The third kappa shape index (κ3) is 25.5. The van der Waals surface area contributed by atoms with Crippen LogP contribution in [-0.2, 0) is 64.8 Å². The number of nitrogen functional groups attached to an aromatic ring is 5. The van der Waals surface area contributed by atoms with Crippen molar-refractivity contribution in [2.24, 2.45) is 0 Å². The number of aromatic nitrogens is 9. The highest BCUT2D eigenvalue weighted by molar-refractivity contribution is 7.89. The Kier molecular flexibility index (Phi) is 37.6. The van der Waals surface area contributed by atoms with Gasteiger partial charge in [0.25, 0.3) is 0 Å². The van der Waals surface area contributed by atoms with Crippen LogP contribution >= 0.6 is 113 Å². The average Bonchev–Trinajstić information content (AvgIpc) is 1.63. The minimum Gasteiger partial charge on any atom is -0.443 e. The van der Waals surface area contributed by atoms with Crippen molar-refractivity contribution in [3.05, 3.63) is 276 Å². The van der Waals surface area contributed by atoms with Crippen molar-refractivity contribution in [3.63, 3.8) is 0 Å². The van der Waals surface area contributed by atoms with Gasteiger partial charge in [0.05, 0.1) is 152 Å². The normalized spacial score (nSPS) is 12.6. The first-order chi connectivity index (χ1) is 72.5. The van der Waals surface area contributed by atoms with Crippen LogP contribution in [0.2, 0.25) is 0 Å². The number of thiazole rings is 1. The summed E-state index contributed by atoms with van der Waals surface area (Å²) in [6, 6.07) is 77.0. The van der Waals surface area contributed by atoms with Gasteiger partial charge >= 0.3 is 0 Å². The van der Waals surface area contributed by atoms with Gasteiger partial charge < -0.3 is 33.1 Å². The first-order valence-corrected chi connectivity index (χ1v) is 64.6. The Bertz CT molecular complexity index is 8270. The van der Waals surface area contributed by atoms with Gasteiger partial charge in [0.15, 0.2) is 10.8 Å². The van der Waals surface area contributed by atoms with Crippen LogP contribution in [0.15, 0.2) is 300 Å². The van der Waals surface area contributed by atoms with Gasteiger partial charge in [0, 0.05) is 83.6 Å². The van der Waals surface area contributed by atoms with Gasteiger partial charge in [-0.1, -0.05) is 244 Å². The third-order valence-electron chi connectivity index (χ3n) is 23.5. The number of unbranched alkanes of at least 4 members (excludes halogenated alkanes) is 4. The van der Waals surface area contributed by atoms with E-state index in [-0.39, 0.29) is 5.25 Å². The van der Waals surface area contributed by atoms with Gasteiger partial charge in [-0.2, -0.15) is 0 Å². The van der Waals surface area contributed by atoms with E-state index >= 15 is 0 Å². The van der Waals surface area contributed by atoms with Crippen molar-refractivity contribution in [1.82, 2.24) is 44.9 Å². The number of fused-ring (bicyclic) bond motifs is 6. The molecule has 0 saturated heterocycles. The van der Waals surface area contributed by atoms with E-state index < -0.39 is 64.8 Å². The van der Waals surface area contributed by atoms with Gasteiger partial charge in [-0.15, -0.1) is 113 Å². The summed E-state index contributed by atoms with van der Waals surface area (Å²) in [4.78, 5) is 50.3. The van der Waals surface area contributed by atoms with Crippen LogP contribution < -0.4 is 28.7 Å². The zero-order chi connectivity index (χ0) is 104. The predicted molar refractivity (Wildman–Crippen MR) is 644 cm³/mol. The second-order valence-electron chi connectivity index (χ2n) is 34.4. The number of thiophene rings is 9. The SMILES string of the molecule is CC(C)S(=O)c1sc2nc(-c3cccs3)cc(-c3ccccc3)c2c1N.CCCCS(=O)c1cc2ccc(-c3ccccc3)nc2s1.CCCCS(=O)c1sc2nc(-c3cccs3)cc(C)c2c1N.CCCCS(=O)c1sc2nc(-c3ncco3)cc(-c3ccccc3)c2c1N.CCCCS(=O)c1sc2nc(-c3nccs3)nc(-c3ccccc3)c2c1N.CCCS(=O)c1sc2nc(-c3cccs3)cc(-c3ccccc3)c2c1N. The van der Waals surface area contributed by atoms with Crippen LogP contribution in [0.1, 0.15) is 112 Å². The van der Waals surface area contributed by atoms with Crippen LogP contribution in [0.25, 0.3) is 171 Å². The number of nitrogens with zero attached hydrogens (tertiary/aromatic N) is 9. The first-order valence-electron chi connectivity index (χ1n) is 48.4. The summed E-state index contributed by atoms with van der Waals surface area (Å²) < 4.78 is 85.5. The van der Waals surface area contributed by atoms with E-state index in [2.05, 4.69) is 122 Å². The van der Waals surface area contributed by atoms with Gasteiger partial charge in [-0.3, -0.25) is 25.3 Å². The molecule has 21 nitrogen and oxygen atoms in total. The van der Waals surface area contributed by atoms with Crippen molar-refractivity contribution < 1.29 is 29.7 Å². The fraction of sp³-hybridized carbons (Fsp3) is 0.205. The Labute approximate surface area is 920 Å². The standard InChI is InChI=1S/C20H19N3O2S2.2C20H18N2OS3.C19H18N4OS3.C17H17NOS2.C16H18N2OS3/c1-2-3-11-27(24)20-17(21)16-14(13-7-5-4-6-8-13)12-15(23-19(16)26-20)18-22-9-10-25-18;1-12(2)26(23)20-18(21)17-14(13-7-4-3-5-8-13)11-15(22-19(17)25-20)16-9-6-10-24-16;1-2-11-26(23)20-18(21)17-14(13-7-4-3-5-8-13)12-15(22-19(17)25-20)16-9-6-10-24-16;1-2-3-11-27(24)19-14(20)13-15(12-7-5-4-6-8-12)22-16(23-17(13)26-19)18-21-9-10-25-18;1-2-3-11-21(19)16-12-14-9-10-15(18-17(14)20-16)13-7-5-4-6-8-13;1-3-4-8-22(19)16-14(17)13-10(2)9-11(18-15(13)21-16)12-6-5-7-20-12/h4-10,12H,2-3,11,21H2,1H3;3-12H,21H2,1-2H3;3-10,12H,2,11,21H2,1H3;4-10H,2-3,11,20H2,1H3;4-10,12H,2-3,11H2,1H3;5-7,9H,3-4,8,17H2,1-2H3. The van der Waals surface area contributed by atoms with E-state index in [1.165, 1.54) is 74.3 Å². The molecule has 0 aliphatic heterocycles. The molecule has 37 heteroatoms. The number of aryl methyl sites for hydroxylation is 1. The predicted octanol–water partition coefficient (Wildman–Crippen LogP) is 31.4. The molecule has 0 bridgehead atoms. The lowest BCUT2D eigenvalue weighted by Crippen LogP contribution is -2.05. The number of anilines is 5. The van der Waals surface area contributed by atoms with E-state index in [9.17, 15) is 25.3 Å². The highest BCUT2D eigenvalue weighted by Crippen LogP contribution is 2.50. The lowest BCUT2D eigenvalue weighted by molar-refractivity contribution is 0.572. The average molecular weight is 2280 g/mol. The molecular weight excluding hydrogens is 2170 g/mol. The molecular formula is C112H108N14O7S16. The van der Waals surface area contributed by atoms with Crippen molar-refractivity contribution in [2.45, 2.75) is 144 Å². The highest BCUT2D eigenvalue weighted by atomic mass is 32.2. The number of rotatable bonds is 31. The number of benzene rings is 5. The topological polar surface area (TPSA) is 362 Å². The molecule has 0 fully saturated rings. The van der Waals surface area contributed by atoms with Crippen molar-refractivity contribution >= 4 is 268 Å². The maximum Gasteiger partial charge on any atom is 0.245 e. The summed E-state index contributed by atoms with van der Waals surface area (Å²) in [6.45, 7) is 16.4. The van der Waals surface area contributed by atoms with Gasteiger partial charge in [-0.05, 0) is 155 Å². The minimum atomic E-state index is -1.13. The molecule has 0 spiro atoms. The fourth-order valence-electron chi connectivity index (χ4n) is 16.0. The molecule has 764 valence electrons. The van der Waals surface area contributed by atoms with E-state index in [1.54, 1.807) is 57.7 Å². The Morgan fingerprint density at radius 1 is 0.322 bits per heavy atom. The van der Waals surface area contributed by atoms with Crippen LogP contribution in [0.5, 0.6) is 0 Å². The summed E-state index contributed by atoms with van der Waals surface area (Å²) in [5.74, 6) is 4.29. The summed E-state index contributed by atoms with van der Waals surface area (Å²) in [5.41, 5.74) is 49.6. The van der Waals surface area contributed by atoms with Crippen LogP contribution in [-0.4, -0.2) is 104 Å². The van der Waals surface area contributed by atoms with E-state index in [0.717, 1.165) is 240 Å². The van der Waals surface area contributed by atoms with Gasteiger partial charge in [0.2, 0.25) is 5.89 Å². The molecule has 0 saturated carbocycles. The van der Waals surface area contributed by atoms with E-state index in [0.29, 0.717) is 77.3 Å². The van der Waals surface area contributed by atoms with Gasteiger partial charge in [0.1, 0.15) is 62.0 Å². The molecule has 5 aromatic carbocycles. The fourth-order valence-corrected chi connectivity index (χ4v) is 35.1. The smallest absolute Gasteiger partial charge is 0.245 e. The highest BCUT2D eigenvalue weighted by Gasteiger charge is 2.29. The molecule has 22 rings (SSSR count). The first kappa shape index (κ1) is 109.